The lowest BCUT2D eigenvalue weighted by molar-refractivity contribution is -0.285. The molecule has 0 aromatic rings. The second kappa shape index (κ2) is 12.2. The van der Waals surface area contributed by atoms with Crippen molar-refractivity contribution >= 4 is 13.6 Å². The van der Waals surface area contributed by atoms with Crippen molar-refractivity contribution in [1.82, 2.24) is 0 Å². The van der Waals surface area contributed by atoms with E-state index in [4.69, 9.17) is 45.5 Å². The number of phosphoric ester groups is 1. The van der Waals surface area contributed by atoms with Crippen molar-refractivity contribution in [2.45, 2.75) is 49.0 Å². The van der Waals surface area contributed by atoms with E-state index in [1.165, 1.54) is 0 Å². The molecule has 1 saturated heterocycles. The van der Waals surface area contributed by atoms with Crippen LogP contribution in [0.2, 0.25) is 0 Å². The van der Waals surface area contributed by atoms with Gasteiger partial charge in [-0.05, 0) is 0 Å². The molecule has 16 heteroatoms. The van der Waals surface area contributed by atoms with E-state index in [0.717, 1.165) is 0 Å². The third kappa shape index (κ3) is 8.81. The lowest BCUT2D eigenvalue weighted by Crippen LogP contribution is -2.58. The minimum Gasteiger partial charge on any atom is -0.394 e. The van der Waals surface area contributed by atoms with Crippen molar-refractivity contribution in [2.75, 3.05) is 19.8 Å². The van der Waals surface area contributed by atoms with Crippen LogP contribution in [0.3, 0.4) is 0 Å². The van der Waals surface area contributed by atoms with Gasteiger partial charge in [-0.1, -0.05) is 0 Å². The van der Waals surface area contributed by atoms with E-state index >= 15 is 0 Å². The molecule has 0 aromatic heterocycles. The van der Waals surface area contributed by atoms with Crippen molar-refractivity contribution in [3.63, 3.8) is 0 Å². The Morgan fingerprint density at radius 1 is 1.00 bits per heavy atom. The molecule has 11 N–H and O–H groups in total. The predicted molar refractivity (Wildman–Crippen MR) is 84.1 cm³/mol. The third-order valence-corrected chi connectivity index (χ3v) is 3.97. The van der Waals surface area contributed by atoms with E-state index < -0.39 is 82.4 Å². The first-order chi connectivity index (χ1) is 12.8. The Bertz CT molecular complexity index is 511. The van der Waals surface area contributed by atoms with Gasteiger partial charge in [-0.15, -0.1) is 0 Å². The summed E-state index contributed by atoms with van der Waals surface area (Å²) in [6, 6.07) is 0. The molecule has 1 aliphatic heterocycles. The molecule has 0 bridgehead atoms. The summed E-state index contributed by atoms with van der Waals surface area (Å²) in [5.74, 6) is -1.00. The molecule has 0 amide bonds. The fraction of sp³-hybridized carbons (Fsp3) is 0.917. The van der Waals surface area contributed by atoms with E-state index in [2.05, 4.69) is 9.26 Å². The van der Waals surface area contributed by atoms with Crippen LogP contribution in [0.5, 0.6) is 0 Å². The smallest absolute Gasteiger partial charge is 0.394 e. The summed E-state index contributed by atoms with van der Waals surface area (Å²) in [5, 5.41) is 79.8. The number of Topliss-reactive ketones (excluding diaryl/α,β-unsaturated/α-hetero) is 1. The minimum atomic E-state index is -4.73. The lowest BCUT2D eigenvalue weighted by atomic mass is 10.00. The van der Waals surface area contributed by atoms with Crippen LogP contribution >= 0.6 is 7.82 Å². The Kier molecular flexibility index (Phi) is 11.9. The number of rotatable bonds is 8. The summed E-state index contributed by atoms with van der Waals surface area (Å²) in [5.41, 5.74) is 0. The van der Waals surface area contributed by atoms with Gasteiger partial charge in [-0.2, -0.15) is 0 Å². The van der Waals surface area contributed by atoms with Crippen LogP contribution in [0, 0.1) is 0 Å². The highest BCUT2D eigenvalue weighted by Gasteiger charge is 2.43. The van der Waals surface area contributed by atoms with Crippen molar-refractivity contribution in [3.05, 3.63) is 0 Å². The quantitative estimate of drug-likeness (QED) is 0.157. The Morgan fingerprint density at radius 2 is 1.54 bits per heavy atom. The maximum atomic E-state index is 10.5. The number of aliphatic hydroxyl groups is 9. The normalized spacial score (nSPS) is 31.3. The van der Waals surface area contributed by atoms with E-state index in [0.29, 0.717) is 0 Å². The van der Waals surface area contributed by atoms with Crippen LogP contribution in [0.25, 0.3) is 0 Å². The first-order valence-electron chi connectivity index (χ1n) is 7.63. The van der Waals surface area contributed by atoms with Gasteiger partial charge in [0.2, 0.25) is 0 Å². The number of aliphatic hydroxyl groups excluding tert-OH is 9. The molecular weight excluding hydrogens is 415 g/mol. The summed E-state index contributed by atoms with van der Waals surface area (Å²) in [6.45, 7) is -2.42. The van der Waals surface area contributed by atoms with Gasteiger partial charge in [0.1, 0.15) is 49.3 Å². The summed E-state index contributed by atoms with van der Waals surface area (Å²) in [6.07, 6.45) is -13.3. The molecule has 0 saturated carbocycles. The molecule has 0 aliphatic carbocycles. The fourth-order valence-corrected chi connectivity index (χ4v) is 2.18. The Labute approximate surface area is 157 Å². The van der Waals surface area contributed by atoms with Gasteiger partial charge >= 0.3 is 7.82 Å². The van der Waals surface area contributed by atoms with Crippen LogP contribution in [0.1, 0.15) is 0 Å². The van der Waals surface area contributed by atoms with Gasteiger partial charge in [0, 0.05) is 0 Å². The maximum absolute atomic E-state index is 10.5. The van der Waals surface area contributed by atoms with Crippen molar-refractivity contribution in [2.24, 2.45) is 0 Å². The zero-order valence-corrected chi connectivity index (χ0v) is 15.1. The highest BCUT2D eigenvalue weighted by molar-refractivity contribution is 7.46. The molecule has 1 aliphatic rings. The molecular formula is C12H25O15P. The van der Waals surface area contributed by atoms with E-state index in [1.807, 2.05) is 0 Å². The molecule has 168 valence electrons. The molecule has 0 aromatic carbocycles. The average Bonchev–Trinajstić information content (AvgIpc) is 2.65. The first-order valence-corrected chi connectivity index (χ1v) is 9.16. The second-order valence-electron chi connectivity index (χ2n) is 5.63. The lowest BCUT2D eigenvalue weighted by Gasteiger charge is -2.38. The third-order valence-electron chi connectivity index (χ3n) is 3.48. The van der Waals surface area contributed by atoms with Gasteiger partial charge < -0.3 is 60.5 Å². The number of ether oxygens (including phenoxy) is 1. The number of ketones is 1. The number of hydrogen-bond acceptors (Lipinski definition) is 13. The zero-order valence-electron chi connectivity index (χ0n) is 14.2. The Morgan fingerprint density at radius 3 is 1.96 bits per heavy atom. The van der Waals surface area contributed by atoms with Crippen LogP contribution in [0.15, 0.2) is 0 Å². The molecule has 15 nitrogen and oxygen atoms in total. The van der Waals surface area contributed by atoms with Gasteiger partial charge in [-0.25, -0.2) is 4.57 Å². The van der Waals surface area contributed by atoms with Crippen LogP contribution in [0.4, 0.5) is 0 Å². The van der Waals surface area contributed by atoms with Crippen molar-refractivity contribution < 1.29 is 74.4 Å². The van der Waals surface area contributed by atoms with Gasteiger partial charge in [0.05, 0.1) is 13.2 Å². The van der Waals surface area contributed by atoms with E-state index in [1.54, 1.807) is 0 Å². The van der Waals surface area contributed by atoms with Crippen LogP contribution < -0.4 is 0 Å². The zero-order chi connectivity index (χ0) is 22.2. The monoisotopic (exact) mass is 440 g/mol. The molecule has 1 heterocycles. The number of phosphoric acid groups is 1. The van der Waals surface area contributed by atoms with Gasteiger partial charge in [0.15, 0.2) is 12.1 Å². The Balaban J connectivity index is 0.000000546. The standard InChI is InChI=1S/C6H13O9P.C6H12O6/c7-3-2(1-14-16(11,12)13)15-6(10)5(9)4(3)8;7-1-3(9)5(11)6(12)4(10)2-8/h2-10H,1H2,(H2,11,12,13);3,5-9,11-12H,1-2H2/t2-,3-,4+,5-,6+;3-,5-,6-/m11/s1. The van der Waals surface area contributed by atoms with Crippen LogP contribution in [-0.4, -0.2) is 130 Å². The summed E-state index contributed by atoms with van der Waals surface area (Å²) < 4.78 is 19.0. The first kappa shape index (κ1) is 27.4. The van der Waals surface area contributed by atoms with Gasteiger partial charge in [-0.3, -0.25) is 9.32 Å². The van der Waals surface area contributed by atoms with E-state index in [-0.39, 0.29) is 0 Å². The van der Waals surface area contributed by atoms with Crippen molar-refractivity contribution in [1.29, 1.82) is 0 Å². The van der Waals surface area contributed by atoms with Gasteiger partial charge in [0.25, 0.3) is 0 Å². The second-order valence-corrected chi connectivity index (χ2v) is 6.87. The summed E-state index contributed by atoms with van der Waals surface area (Å²) in [4.78, 5) is 27.3. The molecule has 1 fully saturated rings. The average molecular weight is 440 g/mol. The number of carbonyl (C=O) groups is 1. The SMILES string of the molecule is O=C(CO)[C@@H](O)[C@H](O)[C@H](O)CO.O=P(O)(O)OC[C@H]1O[C@H](O)[C@H](O)[C@@H](O)[C@@H]1O. The largest absolute Gasteiger partial charge is 0.469 e. The highest BCUT2D eigenvalue weighted by Crippen LogP contribution is 2.36. The molecule has 0 unspecified atom stereocenters. The highest BCUT2D eigenvalue weighted by atomic mass is 31.2. The Hall–Kier alpha value is -0.620. The summed E-state index contributed by atoms with van der Waals surface area (Å²) >= 11 is 0. The summed E-state index contributed by atoms with van der Waals surface area (Å²) in [7, 11) is -4.73. The molecule has 28 heavy (non-hydrogen) atoms. The molecule has 0 spiro atoms. The van der Waals surface area contributed by atoms with E-state index in [9.17, 15) is 19.6 Å². The molecule has 8 atom stereocenters. The molecule has 0 radical (unpaired) electrons. The number of hydrogen-bond donors (Lipinski definition) is 11. The topological polar surface area (TPSA) is 275 Å². The van der Waals surface area contributed by atoms with Crippen LogP contribution in [-0.2, 0) is 18.6 Å². The fourth-order valence-electron chi connectivity index (χ4n) is 1.84. The van der Waals surface area contributed by atoms with Crippen molar-refractivity contribution in [3.8, 4) is 0 Å². The number of carbonyl (C=O) groups excluding carboxylic acids is 1. The molecule has 1 rings (SSSR count). The predicted octanol–water partition coefficient (Wildman–Crippen LogP) is -6.48. The minimum absolute atomic E-state index is 0.730. The maximum Gasteiger partial charge on any atom is 0.469 e.